The van der Waals surface area contributed by atoms with Crippen LogP contribution in [0.3, 0.4) is 0 Å². The highest BCUT2D eigenvalue weighted by atomic mass is 16.7. The highest BCUT2D eigenvalue weighted by molar-refractivity contribution is 5.76. The molecule has 282 valence electrons. The number of hydrogen-bond donors (Lipinski definition) is 9. The summed E-state index contributed by atoms with van der Waals surface area (Å²) in [7, 11) is 0. The van der Waals surface area contributed by atoms with Crippen molar-refractivity contribution < 1.29 is 64.6 Å². The lowest BCUT2D eigenvalue weighted by atomic mass is 9.97. The van der Waals surface area contributed by atoms with Crippen LogP contribution in [0.2, 0.25) is 0 Å². The number of ether oxygens (including phenoxy) is 4. The Morgan fingerprint density at radius 1 is 0.729 bits per heavy atom. The summed E-state index contributed by atoms with van der Waals surface area (Å²) in [5, 5.41) is 85.5. The fourth-order valence-corrected chi connectivity index (χ4v) is 5.87. The normalized spacial score (nSPS) is 32.4. The Balaban J connectivity index is 2.02. The fraction of sp³-hybridized carbons (Fsp3) is 0.912. The fourth-order valence-electron chi connectivity index (χ4n) is 5.87. The SMILES string of the molecule is CCCCCCCC/C=C/C(O)C(COC1OC(CO)C(OC2OC(CO)C(O)C(O)C2O)C(O)C1O)NC(=O)CCCCCCCC. The second-order valence-corrected chi connectivity index (χ2v) is 13.0. The molecule has 2 fully saturated rings. The quantitative estimate of drug-likeness (QED) is 0.0497. The van der Waals surface area contributed by atoms with Crippen molar-refractivity contribution in [3.8, 4) is 0 Å². The molecule has 14 nitrogen and oxygen atoms in total. The van der Waals surface area contributed by atoms with E-state index < -0.39 is 86.8 Å². The molecule has 0 radical (unpaired) electrons. The first-order chi connectivity index (χ1) is 23.1. The zero-order valence-corrected chi connectivity index (χ0v) is 28.7. The summed E-state index contributed by atoms with van der Waals surface area (Å²) in [5.74, 6) is -0.256. The third kappa shape index (κ3) is 14.2. The van der Waals surface area contributed by atoms with E-state index in [-0.39, 0.29) is 18.9 Å². The zero-order chi connectivity index (χ0) is 35.5. The first kappa shape index (κ1) is 42.9. The van der Waals surface area contributed by atoms with Crippen LogP contribution in [0, 0.1) is 0 Å². The van der Waals surface area contributed by atoms with Crippen LogP contribution in [0.25, 0.3) is 0 Å². The number of hydrogen-bond acceptors (Lipinski definition) is 13. The number of carbonyl (C=O) groups excluding carboxylic acids is 1. The molecule has 2 aliphatic heterocycles. The molecule has 0 aliphatic carbocycles. The second-order valence-electron chi connectivity index (χ2n) is 13.0. The Kier molecular flexibility index (Phi) is 21.5. The number of unbranched alkanes of at least 4 members (excludes halogenated alkanes) is 11. The molecule has 0 aromatic heterocycles. The number of carbonyl (C=O) groups is 1. The van der Waals surface area contributed by atoms with Crippen molar-refractivity contribution in [1.82, 2.24) is 5.32 Å². The number of aliphatic hydroxyl groups is 8. The molecular formula is C34H63NO13. The van der Waals surface area contributed by atoms with Crippen molar-refractivity contribution in [2.24, 2.45) is 0 Å². The van der Waals surface area contributed by atoms with Crippen LogP contribution in [0.1, 0.15) is 104 Å². The predicted octanol–water partition coefficient (Wildman–Crippen LogP) is 0.530. The highest BCUT2D eigenvalue weighted by Crippen LogP contribution is 2.29. The Bertz CT molecular complexity index is 878. The van der Waals surface area contributed by atoms with Gasteiger partial charge in [0.15, 0.2) is 12.6 Å². The second kappa shape index (κ2) is 24.0. The molecule has 2 aliphatic rings. The third-order valence-electron chi connectivity index (χ3n) is 8.97. The van der Waals surface area contributed by atoms with Gasteiger partial charge in [0.1, 0.15) is 48.8 Å². The Labute approximate surface area is 285 Å². The van der Waals surface area contributed by atoms with E-state index in [1.54, 1.807) is 6.08 Å². The lowest BCUT2D eigenvalue weighted by molar-refractivity contribution is -0.359. The molecule has 2 saturated heterocycles. The molecule has 12 atom stereocenters. The maximum absolute atomic E-state index is 12.8. The van der Waals surface area contributed by atoms with Gasteiger partial charge in [0.25, 0.3) is 0 Å². The maximum atomic E-state index is 12.8. The van der Waals surface area contributed by atoms with Gasteiger partial charge in [-0.05, 0) is 19.3 Å². The minimum absolute atomic E-state index is 0.256. The standard InChI is InChI=1S/C34H63NO13/c1-3-5-7-9-11-12-13-15-17-23(38)22(35-26(39)18-16-14-10-8-6-4-2)21-45-33-31(44)29(42)32(25(20-37)47-33)48-34-30(43)28(41)27(40)24(19-36)46-34/h15,17,22-25,27-34,36-38,40-44H,3-14,16,18-21H2,1-2H3,(H,35,39)/b17-15+. The summed E-state index contributed by atoms with van der Waals surface area (Å²) in [4.78, 5) is 12.8. The van der Waals surface area contributed by atoms with Gasteiger partial charge in [-0.2, -0.15) is 0 Å². The van der Waals surface area contributed by atoms with Crippen molar-refractivity contribution in [2.75, 3.05) is 19.8 Å². The minimum atomic E-state index is -1.78. The molecule has 0 saturated carbocycles. The van der Waals surface area contributed by atoms with Crippen molar-refractivity contribution in [3.05, 3.63) is 12.2 Å². The summed E-state index contributed by atoms with van der Waals surface area (Å²) >= 11 is 0. The summed E-state index contributed by atoms with van der Waals surface area (Å²) in [6.07, 6.45) is 0.515. The molecule has 0 aromatic rings. The van der Waals surface area contributed by atoms with E-state index in [4.69, 9.17) is 18.9 Å². The number of aliphatic hydroxyl groups excluding tert-OH is 8. The molecule has 2 rings (SSSR count). The van der Waals surface area contributed by atoms with Crippen LogP contribution >= 0.6 is 0 Å². The summed E-state index contributed by atoms with van der Waals surface area (Å²) in [5.41, 5.74) is 0. The van der Waals surface area contributed by atoms with Crippen LogP contribution in [0.5, 0.6) is 0 Å². The lowest BCUT2D eigenvalue weighted by Gasteiger charge is -2.46. The van der Waals surface area contributed by atoms with E-state index in [1.807, 2.05) is 6.08 Å². The van der Waals surface area contributed by atoms with Gasteiger partial charge in [0.05, 0.1) is 32.0 Å². The van der Waals surface area contributed by atoms with Gasteiger partial charge >= 0.3 is 0 Å². The van der Waals surface area contributed by atoms with Gasteiger partial charge < -0.3 is 65.1 Å². The number of rotatable bonds is 24. The molecule has 48 heavy (non-hydrogen) atoms. The smallest absolute Gasteiger partial charge is 0.220 e. The maximum Gasteiger partial charge on any atom is 0.220 e. The molecule has 12 unspecified atom stereocenters. The topological polar surface area (TPSA) is 228 Å². The molecular weight excluding hydrogens is 630 g/mol. The Morgan fingerprint density at radius 2 is 1.29 bits per heavy atom. The Morgan fingerprint density at radius 3 is 1.92 bits per heavy atom. The molecule has 1 amide bonds. The van der Waals surface area contributed by atoms with E-state index >= 15 is 0 Å². The van der Waals surface area contributed by atoms with Crippen LogP contribution in [0.15, 0.2) is 12.2 Å². The molecule has 9 N–H and O–H groups in total. The van der Waals surface area contributed by atoms with Crippen LogP contribution < -0.4 is 5.32 Å². The average Bonchev–Trinajstić information content (AvgIpc) is 3.08. The number of allylic oxidation sites excluding steroid dienone is 1. The van der Waals surface area contributed by atoms with Crippen molar-refractivity contribution in [3.63, 3.8) is 0 Å². The molecule has 0 aromatic carbocycles. The predicted molar refractivity (Wildman–Crippen MR) is 175 cm³/mol. The van der Waals surface area contributed by atoms with Crippen molar-refractivity contribution in [1.29, 1.82) is 0 Å². The van der Waals surface area contributed by atoms with Gasteiger partial charge in [-0.1, -0.05) is 90.2 Å². The van der Waals surface area contributed by atoms with Crippen LogP contribution in [0.4, 0.5) is 0 Å². The third-order valence-corrected chi connectivity index (χ3v) is 8.97. The van der Waals surface area contributed by atoms with Crippen LogP contribution in [-0.4, -0.2) is 140 Å². The summed E-state index contributed by atoms with van der Waals surface area (Å²) < 4.78 is 22.4. The molecule has 14 heteroatoms. The summed E-state index contributed by atoms with van der Waals surface area (Å²) in [6.45, 7) is 2.60. The first-order valence-corrected chi connectivity index (χ1v) is 17.9. The largest absolute Gasteiger partial charge is 0.394 e. The number of amides is 1. The van der Waals surface area contributed by atoms with Gasteiger partial charge in [0.2, 0.25) is 5.91 Å². The van der Waals surface area contributed by atoms with Crippen molar-refractivity contribution >= 4 is 5.91 Å². The molecule has 0 spiro atoms. The number of nitrogens with one attached hydrogen (secondary N) is 1. The van der Waals surface area contributed by atoms with E-state index in [2.05, 4.69) is 19.2 Å². The van der Waals surface area contributed by atoms with E-state index in [9.17, 15) is 45.6 Å². The summed E-state index contributed by atoms with van der Waals surface area (Å²) in [6, 6.07) is -0.901. The minimum Gasteiger partial charge on any atom is -0.394 e. The van der Waals surface area contributed by atoms with Gasteiger partial charge in [-0.3, -0.25) is 4.79 Å². The van der Waals surface area contributed by atoms with E-state index in [0.29, 0.717) is 6.42 Å². The van der Waals surface area contributed by atoms with E-state index in [1.165, 1.54) is 19.3 Å². The van der Waals surface area contributed by atoms with Gasteiger partial charge in [-0.25, -0.2) is 0 Å². The zero-order valence-electron chi connectivity index (χ0n) is 28.7. The van der Waals surface area contributed by atoms with Gasteiger partial charge in [0, 0.05) is 6.42 Å². The highest BCUT2D eigenvalue weighted by Gasteiger charge is 2.50. The van der Waals surface area contributed by atoms with Gasteiger partial charge in [-0.15, -0.1) is 0 Å². The molecule has 2 heterocycles. The van der Waals surface area contributed by atoms with Crippen molar-refractivity contribution in [2.45, 2.75) is 177 Å². The lowest BCUT2D eigenvalue weighted by Crippen LogP contribution is -2.65. The molecule has 0 bridgehead atoms. The van der Waals surface area contributed by atoms with E-state index in [0.717, 1.165) is 57.8 Å². The average molecular weight is 694 g/mol. The monoisotopic (exact) mass is 693 g/mol. The first-order valence-electron chi connectivity index (χ1n) is 17.9. The Hall–Kier alpha value is -1.27. The van der Waals surface area contributed by atoms with Crippen LogP contribution in [-0.2, 0) is 23.7 Å².